The van der Waals surface area contributed by atoms with E-state index in [4.69, 9.17) is 0 Å². The van der Waals surface area contributed by atoms with Gasteiger partial charge in [-0.15, -0.1) is 11.3 Å². The number of nitrogens with zero attached hydrogens (tertiary/aromatic N) is 4. The topological polar surface area (TPSA) is 77.2 Å². The summed E-state index contributed by atoms with van der Waals surface area (Å²) in [6.07, 6.45) is 2.40. The van der Waals surface area contributed by atoms with Crippen LogP contribution in [0.3, 0.4) is 0 Å². The number of hydrogen-bond acceptors (Lipinski definition) is 5. The van der Waals surface area contributed by atoms with Crippen molar-refractivity contribution < 1.29 is 12.8 Å². The predicted octanol–water partition coefficient (Wildman–Crippen LogP) is 2.42. The highest BCUT2D eigenvalue weighted by Gasteiger charge is 2.30. The molecule has 3 heterocycles. The second-order valence-electron chi connectivity index (χ2n) is 7.15. The van der Waals surface area contributed by atoms with Crippen LogP contribution in [0.5, 0.6) is 0 Å². The van der Waals surface area contributed by atoms with Gasteiger partial charge >= 0.3 is 5.69 Å². The van der Waals surface area contributed by atoms with Gasteiger partial charge in [-0.25, -0.2) is 31.2 Å². The molecule has 7 nitrogen and oxygen atoms in total. The number of sulfonamides is 1. The van der Waals surface area contributed by atoms with E-state index < -0.39 is 10.0 Å². The van der Waals surface area contributed by atoms with Gasteiger partial charge in [0, 0.05) is 19.0 Å². The Balaban J connectivity index is 1.69. The largest absolute Gasteiger partial charge is 0.351 e. The highest BCUT2D eigenvalue weighted by Crippen LogP contribution is 2.29. The van der Waals surface area contributed by atoms with Crippen molar-refractivity contribution in [3.8, 4) is 5.00 Å². The lowest BCUT2D eigenvalue weighted by Gasteiger charge is -2.29. The summed E-state index contributed by atoms with van der Waals surface area (Å²) in [7, 11) is -3.23. The summed E-state index contributed by atoms with van der Waals surface area (Å²) in [5.74, 6) is 0.236. The molecule has 1 aliphatic heterocycles. The van der Waals surface area contributed by atoms with Crippen LogP contribution in [0.4, 0.5) is 4.39 Å². The number of aromatic nitrogens is 3. The van der Waals surface area contributed by atoms with Crippen molar-refractivity contribution in [1.82, 2.24) is 18.7 Å². The molecule has 1 fully saturated rings. The van der Waals surface area contributed by atoms with Gasteiger partial charge in [0.15, 0.2) is 0 Å². The predicted molar refractivity (Wildman–Crippen MR) is 110 cm³/mol. The van der Waals surface area contributed by atoms with Gasteiger partial charge in [-0.1, -0.05) is 12.1 Å². The van der Waals surface area contributed by atoms with Crippen molar-refractivity contribution in [3.05, 3.63) is 69.5 Å². The second-order valence-corrected chi connectivity index (χ2v) is 10.1. The van der Waals surface area contributed by atoms with Gasteiger partial charge in [0.05, 0.1) is 12.8 Å². The molecule has 3 aromatic rings. The Bertz CT molecular complexity index is 1160. The minimum absolute atomic E-state index is 0.0310. The normalized spacial score (nSPS) is 16.3. The van der Waals surface area contributed by atoms with E-state index in [1.165, 1.54) is 38.7 Å². The van der Waals surface area contributed by atoms with E-state index in [1.807, 2.05) is 17.5 Å². The molecule has 2 aromatic heterocycles. The molecule has 0 unspecified atom stereocenters. The van der Waals surface area contributed by atoms with Gasteiger partial charge < -0.3 is 0 Å². The first-order chi connectivity index (χ1) is 13.8. The molecular formula is C19H21FN4O3S2. The zero-order valence-corrected chi connectivity index (χ0v) is 17.5. The Morgan fingerprint density at radius 1 is 1.21 bits per heavy atom. The number of halogens is 1. The fourth-order valence-electron chi connectivity index (χ4n) is 3.65. The Morgan fingerprint density at radius 3 is 2.59 bits per heavy atom. The lowest BCUT2D eigenvalue weighted by atomic mass is 9.97. The van der Waals surface area contributed by atoms with Crippen LogP contribution in [0.15, 0.2) is 46.6 Å². The average molecular weight is 437 g/mol. The van der Waals surface area contributed by atoms with Gasteiger partial charge in [0.1, 0.15) is 16.6 Å². The van der Waals surface area contributed by atoms with Gasteiger partial charge in [0.25, 0.3) is 0 Å². The van der Waals surface area contributed by atoms with E-state index in [-0.39, 0.29) is 24.0 Å². The SMILES string of the molecule is CS(=O)(=O)N1CCC(c2nn(Cc3cccc(F)c3)c(=O)n2-c2cccs2)CC1. The fraction of sp³-hybridized carbons (Fsp3) is 0.368. The first kappa shape index (κ1) is 20.0. The first-order valence-corrected chi connectivity index (χ1v) is 12.0. The van der Waals surface area contributed by atoms with E-state index in [9.17, 15) is 17.6 Å². The van der Waals surface area contributed by atoms with Gasteiger partial charge in [-0.05, 0) is 48.1 Å². The molecule has 0 aliphatic carbocycles. The second kappa shape index (κ2) is 7.85. The van der Waals surface area contributed by atoms with E-state index in [2.05, 4.69) is 5.10 Å². The summed E-state index contributed by atoms with van der Waals surface area (Å²) in [5.41, 5.74) is 0.374. The summed E-state index contributed by atoms with van der Waals surface area (Å²) in [6.45, 7) is 0.974. The molecule has 0 saturated carbocycles. The summed E-state index contributed by atoms with van der Waals surface area (Å²) in [5, 5.41) is 7.24. The zero-order chi connectivity index (χ0) is 20.6. The molecule has 1 aromatic carbocycles. The maximum absolute atomic E-state index is 13.5. The zero-order valence-electron chi connectivity index (χ0n) is 15.9. The van der Waals surface area contributed by atoms with Crippen LogP contribution < -0.4 is 5.69 Å². The molecule has 0 amide bonds. The van der Waals surface area contributed by atoms with Gasteiger partial charge in [-0.3, -0.25) is 0 Å². The lowest BCUT2D eigenvalue weighted by Crippen LogP contribution is -2.37. The molecule has 1 aliphatic rings. The van der Waals surface area contributed by atoms with Crippen molar-refractivity contribution in [2.24, 2.45) is 0 Å². The first-order valence-electron chi connectivity index (χ1n) is 9.26. The van der Waals surface area contributed by atoms with Crippen LogP contribution in [0, 0.1) is 5.82 Å². The molecule has 0 radical (unpaired) electrons. The van der Waals surface area contributed by atoms with E-state index in [0.717, 1.165) is 5.00 Å². The third-order valence-electron chi connectivity index (χ3n) is 5.10. The summed E-state index contributed by atoms with van der Waals surface area (Å²) >= 11 is 1.44. The van der Waals surface area contributed by atoms with Crippen LogP contribution >= 0.6 is 11.3 Å². The quantitative estimate of drug-likeness (QED) is 0.616. The maximum Gasteiger partial charge on any atom is 0.351 e. The summed E-state index contributed by atoms with van der Waals surface area (Å²) in [6, 6.07) is 9.83. The molecule has 1 saturated heterocycles. The van der Waals surface area contributed by atoms with Crippen LogP contribution in [-0.4, -0.2) is 46.4 Å². The van der Waals surface area contributed by atoms with E-state index in [1.54, 1.807) is 16.7 Å². The smallest absolute Gasteiger partial charge is 0.246 e. The van der Waals surface area contributed by atoms with Crippen molar-refractivity contribution in [3.63, 3.8) is 0 Å². The monoisotopic (exact) mass is 436 g/mol. The fourth-order valence-corrected chi connectivity index (χ4v) is 5.25. The molecule has 10 heteroatoms. The number of rotatable bonds is 5. The minimum atomic E-state index is -3.23. The van der Waals surface area contributed by atoms with Crippen molar-refractivity contribution >= 4 is 21.4 Å². The Labute approximate surface area is 172 Å². The Morgan fingerprint density at radius 2 is 1.97 bits per heavy atom. The number of piperidine rings is 1. The molecule has 29 heavy (non-hydrogen) atoms. The summed E-state index contributed by atoms with van der Waals surface area (Å²) in [4.78, 5) is 13.1. The highest BCUT2D eigenvalue weighted by atomic mass is 32.2. The Hall–Kier alpha value is -2.30. The molecule has 4 rings (SSSR count). The molecule has 0 bridgehead atoms. The summed E-state index contributed by atoms with van der Waals surface area (Å²) < 4.78 is 41.5. The molecule has 0 spiro atoms. The van der Waals surface area contributed by atoms with Gasteiger partial charge in [-0.2, -0.15) is 5.10 Å². The van der Waals surface area contributed by atoms with Crippen LogP contribution in [0.1, 0.15) is 30.1 Å². The molecule has 154 valence electrons. The van der Waals surface area contributed by atoms with Gasteiger partial charge in [0.2, 0.25) is 10.0 Å². The lowest BCUT2D eigenvalue weighted by molar-refractivity contribution is 0.313. The third kappa shape index (κ3) is 4.19. The van der Waals surface area contributed by atoms with Crippen LogP contribution in [-0.2, 0) is 16.6 Å². The molecular weight excluding hydrogens is 415 g/mol. The van der Waals surface area contributed by atoms with E-state index in [0.29, 0.717) is 37.3 Å². The minimum Gasteiger partial charge on any atom is -0.246 e. The number of hydrogen-bond donors (Lipinski definition) is 0. The van der Waals surface area contributed by atoms with Crippen LogP contribution in [0.25, 0.3) is 5.00 Å². The Kier molecular flexibility index (Phi) is 5.41. The molecule has 0 N–H and O–H groups in total. The van der Waals surface area contributed by atoms with Crippen molar-refractivity contribution in [1.29, 1.82) is 0 Å². The highest BCUT2D eigenvalue weighted by molar-refractivity contribution is 7.88. The standard InChI is InChI=1S/C19H21FN4O3S2/c1-29(26,27)22-9-7-15(8-10-22)18-21-23(13-14-4-2-5-16(20)12-14)19(25)24(18)17-6-3-11-28-17/h2-6,11-12,15H,7-10,13H2,1H3. The number of thiophene rings is 1. The maximum atomic E-state index is 13.5. The average Bonchev–Trinajstić information content (AvgIpc) is 3.30. The molecule has 0 atom stereocenters. The van der Waals surface area contributed by atoms with Crippen LogP contribution in [0.2, 0.25) is 0 Å². The van der Waals surface area contributed by atoms with Crippen molar-refractivity contribution in [2.45, 2.75) is 25.3 Å². The number of benzene rings is 1. The van der Waals surface area contributed by atoms with E-state index >= 15 is 0 Å². The van der Waals surface area contributed by atoms with Crippen molar-refractivity contribution in [2.75, 3.05) is 19.3 Å². The third-order valence-corrected chi connectivity index (χ3v) is 7.26.